The normalized spacial score (nSPS) is 17.7. The first kappa shape index (κ1) is 52.4. The standard InChI is InChI=1S/C53H65N11O8S/c1-31-40-27-55-42(59-49(40)64(37-9-7-8-10-37)51(71)46(31)33(3)65)23-36-15-16-38(26-54-36)61-19-21-62(22-20-61)45(69)18-17-43(67)56-28-44(68)60-48(53(4,5)6)52(72)63-29-39(66)24-41(63)50(70)57-25-34-11-13-35(14-12-34)47-32(2)58-30-73-47/h11-16,26-27,30,37,39,41,48,66H,7-10,17-25,28-29H2,1-6H3,(H,56,67)(H,57,70)(H,60,68)/t39-,41+,48-/m1/s1. The van der Waals surface area contributed by atoms with Crippen molar-refractivity contribution < 1.29 is 33.9 Å². The molecule has 5 aromatic rings. The topological polar surface area (TPSA) is 242 Å². The molecular formula is C53H65N11O8S. The Morgan fingerprint density at radius 2 is 1.60 bits per heavy atom. The Balaban J connectivity index is 0.775. The van der Waals surface area contributed by atoms with E-state index in [1.54, 1.807) is 66.4 Å². The molecule has 4 N–H and O–H groups in total. The summed E-state index contributed by atoms with van der Waals surface area (Å²) in [5.41, 5.74) is 6.54. The number of aromatic nitrogens is 5. The first-order valence-electron chi connectivity index (χ1n) is 25.1. The van der Waals surface area contributed by atoms with Crippen LogP contribution in [0, 0.1) is 19.3 Å². The minimum Gasteiger partial charge on any atom is -0.391 e. The van der Waals surface area contributed by atoms with E-state index < -0.39 is 53.8 Å². The molecule has 3 aliphatic rings. The number of nitrogens with one attached hydrogen (secondary N) is 3. The number of aliphatic hydroxyl groups is 1. The molecule has 3 fully saturated rings. The molecule has 1 aromatic carbocycles. The van der Waals surface area contributed by atoms with Gasteiger partial charge in [0.1, 0.15) is 23.6 Å². The minimum absolute atomic E-state index is 0.0124. The molecule has 386 valence electrons. The van der Waals surface area contributed by atoms with Gasteiger partial charge in [-0.15, -0.1) is 11.3 Å². The summed E-state index contributed by atoms with van der Waals surface area (Å²) in [6.45, 7) is 12.2. The first-order chi connectivity index (χ1) is 34.9. The predicted molar refractivity (Wildman–Crippen MR) is 276 cm³/mol. The second-order valence-electron chi connectivity index (χ2n) is 20.5. The van der Waals surface area contributed by atoms with Crippen LogP contribution in [-0.4, -0.2) is 132 Å². The maximum absolute atomic E-state index is 14.1. The van der Waals surface area contributed by atoms with Crippen molar-refractivity contribution in [3.05, 3.63) is 98.6 Å². The Kier molecular flexibility index (Phi) is 16.1. The quantitative estimate of drug-likeness (QED) is 0.102. The lowest BCUT2D eigenvalue weighted by atomic mass is 9.85. The lowest BCUT2D eigenvalue weighted by Gasteiger charge is -2.36. The number of amides is 5. The van der Waals surface area contributed by atoms with Gasteiger partial charge in [-0.3, -0.25) is 43.1 Å². The lowest BCUT2D eigenvalue weighted by Crippen LogP contribution is -2.58. The SMILES string of the molecule is CC(=O)c1c(C)c2cnc(Cc3ccc(N4CCN(C(=O)CCC(=O)NCC(=O)N[C@H](C(=O)N5C[C@H](O)C[C@H]5C(=O)NCc5ccc(-c6scnc6C)cc5)C(C)(C)C)CC4)cn3)nc2n(C2CCCC2)c1=O. The number of Topliss-reactive ketones (excluding diaryl/α,β-unsaturated/α-hetero) is 1. The van der Waals surface area contributed by atoms with Crippen molar-refractivity contribution in [2.75, 3.05) is 44.2 Å². The molecule has 2 saturated heterocycles. The van der Waals surface area contributed by atoms with Gasteiger partial charge in [-0.05, 0) is 67.9 Å². The van der Waals surface area contributed by atoms with Crippen molar-refractivity contribution in [1.82, 2.24) is 50.3 Å². The van der Waals surface area contributed by atoms with Crippen molar-refractivity contribution in [3.63, 3.8) is 0 Å². The third kappa shape index (κ3) is 12.1. The molecule has 5 amide bonds. The van der Waals surface area contributed by atoms with E-state index >= 15 is 0 Å². The van der Waals surface area contributed by atoms with Crippen molar-refractivity contribution >= 4 is 63.4 Å². The number of likely N-dealkylation sites (tertiary alicyclic amines) is 1. The molecule has 0 radical (unpaired) electrons. The van der Waals surface area contributed by atoms with Gasteiger partial charge in [0.15, 0.2) is 5.78 Å². The van der Waals surface area contributed by atoms with Gasteiger partial charge in [0, 0.05) is 81.8 Å². The van der Waals surface area contributed by atoms with Crippen LogP contribution in [0.4, 0.5) is 5.69 Å². The second kappa shape index (κ2) is 22.5. The molecule has 2 aliphatic heterocycles. The number of rotatable bonds is 16. The number of ketones is 1. The monoisotopic (exact) mass is 1020 g/mol. The Morgan fingerprint density at radius 3 is 2.25 bits per heavy atom. The fourth-order valence-corrected chi connectivity index (χ4v) is 10.9. The largest absolute Gasteiger partial charge is 0.391 e. The van der Waals surface area contributed by atoms with Crippen LogP contribution in [0.25, 0.3) is 21.5 Å². The number of aryl methyl sites for hydroxylation is 2. The average Bonchev–Trinajstić information content (AvgIpc) is 4.15. The van der Waals surface area contributed by atoms with Crippen LogP contribution >= 0.6 is 11.3 Å². The number of β-amino-alcohol motifs (C(OH)–C–C–N with tert-alkyl or cyclic N) is 1. The van der Waals surface area contributed by atoms with E-state index in [9.17, 15) is 38.7 Å². The highest BCUT2D eigenvalue weighted by molar-refractivity contribution is 7.13. The lowest BCUT2D eigenvalue weighted by molar-refractivity contribution is -0.144. The van der Waals surface area contributed by atoms with Gasteiger partial charge >= 0.3 is 0 Å². The van der Waals surface area contributed by atoms with E-state index in [1.807, 2.05) is 43.3 Å². The molecule has 4 aromatic heterocycles. The molecule has 1 saturated carbocycles. The number of carbonyl (C=O) groups is 6. The van der Waals surface area contributed by atoms with Crippen molar-refractivity contribution in [2.24, 2.45) is 5.41 Å². The zero-order chi connectivity index (χ0) is 52.1. The number of aliphatic hydroxyl groups excluding tert-OH is 1. The molecule has 0 unspecified atom stereocenters. The summed E-state index contributed by atoms with van der Waals surface area (Å²) in [6.07, 6.45) is 6.54. The number of nitrogens with zero attached hydrogens (tertiary/aromatic N) is 8. The number of piperazine rings is 1. The number of benzene rings is 1. The number of fused-ring (bicyclic) bond motifs is 1. The zero-order valence-electron chi connectivity index (χ0n) is 42.4. The van der Waals surface area contributed by atoms with Crippen LogP contribution in [0.15, 0.2) is 59.1 Å². The Bertz CT molecular complexity index is 2940. The molecule has 3 atom stereocenters. The van der Waals surface area contributed by atoms with Crippen molar-refractivity contribution in [3.8, 4) is 10.4 Å². The van der Waals surface area contributed by atoms with Crippen LogP contribution in [0.2, 0.25) is 0 Å². The molecule has 19 nitrogen and oxygen atoms in total. The molecule has 1 aliphatic carbocycles. The number of thiazole rings is 1. The van der Waals surface area contributed by atoms with E-state index in [1.165, 1.54) is 11.8 Å². The minimum atomic E-state index is -1.07. The Hall–Kier alpha value is -6.93. The molecule has 0 spiro atoms. The summed E-state index contributed by atoms with van der Waals surface area (Å²) < 4.78 is 1.71. The van der Waals surface area contributed by atoms with Gasteiger partial charge in [0.25, 0.3) is 5.56 Å². The van der Waals surface area contributed by atoms with E-state index in [0.29, 0.717) is 55.0 Å². The third-order valence-electron chi connectivity index (χ3n) is 14.2. The van der Waals surface area contributed by atoms with Gasteiger partial charge in [0.2, 0.25) is 29.5 Å². The molecule has 0 bridgehead atoms. The number of pyridine rings is 2. The molecule has 73 heavy (non-hydrogen) atoms. The molecule has 20 heteroatoms. The van der Waals surface area contributed by atoms with Crippen LogP contribution in [-0.2, 0) is 36.9 Å². The zero-order valence-corrected chi connectivity index (χ0v) is 43.2. The van der Waals surface area contributed by atoms with Crippen LogP contribution < -0.4 is 26.4 Å². The summed E-state index contributed by atoms with van der Waals surface area (Å²) in [7, 11) is 0. The van der Waals surface area contributed by atoms with Gasteiger partial charge in [0.05, 0.1) is 52.6 Å². The maximum atomic E-state index is 14.1. The fourth-order valence-electron chi connectivity index (χ4n) is 10.1. The maximum Gasteiger partial charge on any atom is 0.263 e. The van der Waals surface area contributed by atoms with E-state index in [2.05, 4.69) is 30.8 Å². The smallest absolute Gasteiger partial charge is 0.263 e. The van der Waals surface area contributed by atoms with Gasteiger partial charge < -0.3 is 35.8 Å². The number of carbonyl (C=O) groups excluding carboxylic acids is 6. The summed E-state index contributed by atoms with van der Waals surface area (Å²) in [5.74, 6) is -1.96. The van der Waals surface area contributed by atoms with Crippen molar-refractivity contribution in [1.29, 1.82) is 0 Å². The highest BCUT2D eigenvalue weighted by Gasteiger charge is 2.44. The Morgan fingerprint density at radius 1 is 0.877 bits per heavy atom. The van der Waals surface area contributed by atoms with Crippen LogP contribution in [0.5, 0.6) is 0 Å². The Labute approximate surface area is 428 Å². The van der Waals surface area contributed by atoms with Crippen molar-refractivity contribution in [2.45, 2.75) is 124 Å². The number of hydrogen-bond donors (Lipinski definition) is 4. The van der Waals surface area contributed by atoms with E-state index in [0.717, 1.165) is 58.8 Å². The number of anilines is 1. The molecule has 8 rings (SSSR count). The summed E-state index contributed by atoms with van der Waals surface area (Å²) in [5, 5.41) is 19.5. The highest BCUT2D eigenvalue weighted by Crippen LogP contribution is 2.33. The van der Waals surface area contributed by atoms with Gasteiger partial charge in [-0.1, -0.05) is 57.9 Å². The average molecular weight is 1020 g/mol. The third-order valence-corrected chi connectivity index (χ3v) is 15.1. The predicted octanol–water partition coefficient (Wildman–Crippen LogP) is 4.19. The second-order valence-corrected chi connectivity index (χ2v) is 21.3. The van der Waals surface area contributed by atoms with Gasteiger partial charge in [-0.2, -0.15) is 0 Å². The summed E-state index contributed by atoms with van der Waals surface area (Å²) in [4.78, 5) is 118. The van der Waals surface area contributed by atoms with E-state index in [4.69, 9.17) is 9.97 Å². The van der Waals surface area contributed by atoms with E-state index in [-0.39, 0.29) is 61.2 Å². The molecular weight excluding hydrogens is 951 g/mol. The molecule has 6 heterocycles. The van der Waals surface area contributed by atoms with Gasteiger partial charge in [-0.25, -0.2) is 15.0 Å². The fraction of sp³-hybridized carbons (Fsp3) is 0.491. The van der Waals surface area contributed by atoms with Crippen LogP contribution in [0.1, 0.15) is 117 Å². The number of hydrogen-bond acceptors (Lipinski definition) is 14. The highest BCUT2D eigenvalue weighted by atomic mass is 32.1. The first-order valence-corrected chi connectivity index (χ1v) is 25.9. The van der Waals surface area contributed by atoms with Crippen LogP contribution in [0.3, 0.4) is 0 Å². The summed E-state index contributed by atoms with van der Waals surface area (Å²) >= 11 is 1.56. The summed E-state index contributed by atoms with van der Waals surface area (Å²) in [6, 6.07) is 9.64.